The first kappa shape index (κ1) is 27.8. The molecule has 1 heterocycles. The van der Waals surface area contributed by atoms with Gasteiger partial charge in [-0.1, -0.05) is 19.1 Å². The van der Waals surface area contributed by atoms with E-state index in [0.717, 1.165) is 29.2 Å². The van der Waals surface area contributed by atoms with Crippen LogP contribution in [-0.4, -0.2) is 38.0 Å². The number of carbonyl (C=O) groups excluding carboxylic acids is 3. The second-order valence-electron chi connectivity index (χ2n) is 8.68. The first-order chi connectivity index (χ1) is 18.4. The molecule has 0 aliphatic carbocycles. The van der Waals surface area contributed by atoms with Gasteiger partial charge in [0.25, 0.3) is 11.8 Å². The molecule has 3 amide bonds. The number of ether oxygens (including phenoxy) is 1. The zero-order valence-corrected chi connectivity index (χ0v) is 21.4. The van der Waals surface area contributed by atoms with Crippen molar-refractivity contribution in [2.24, 2.45) is 0 Å². The van der Waals surface area contributed by atoms with Gasteiger partial charge in [-0.25, -0.2) is 13.3 Å². The first-order valence-electron chi connectivity index (χ1n) is 11.8. The Balaban J connectivity index is 1.36. The molecule has 204 valence electrons. The van der Waals surface area contributed by atoms with Crippen molar-refractivity contribution in [2.45, 2.75) is 37.1 Å². The predicted molar refractivity (Wildman–Crippen MR) is 135 cm³/mol. The number of sulfone groups is 1. The Morgan fingerprint density at radius 2 is 1.59 bits per heavy atom. The summed E-state index contributed by atoms with van der Waals surface area (Å²) in [5.74, 6) is -1.65. The van der Waals surface area contributed by atoms with Crippen LogP contribution < -0.4 is 15.0 Å². The molecule has 1 fully saturated rings. The molecule has 0 aromatic heterocycles. The largest absolute Gasteiger partial charge is 0.480 e. The van der Waals surface area contributed by atoms with Crippen LogP contribution >= 0.6 is 0 Å². The van der Waals surface area contributed by atoms with E-state index in [1.165, 1.54) is 36.4 Å². The van der Waals surface area contributed by atoms with Crippen molar-refractivity contribution in [3.63, 3.8) is 0 Å². The Bertz CT molecular complexity index is 1490. The molecule has 0 unspecified atom stereocenters. The fraction of sp³-hybridized carbons (Fsp3) is 0.222. The van der Waals surface area contributed by atoms with E-state index in [1.54, 1.807) is 19.1 Å². The molecule has 3 aromatic carbocycles. The molecule has 0 saturated carbocycles. The van der Waals surface area contributed by atoms with Gasteiger partial charge in [-0.3, -0.25) is 14.4 Å². The van der Waals surface area contributed by atoms with E-state index >= 15 is 0 Å². The maximum absolute atomic E-state index is 12.8. The Morgan fingerprint density at radius 3 is 2.15 bits per heavy atom. The van der Waals surface area contributed by atoms with E-state index in [4.69, 9.17) is 4.74 Å². The summed E-state index contributed by atoms with van der Waals surface area (Å²) in [6, 6.07) is 15.7. The highest BCUT2D eigenvalue weighted by Crippen LogP contribution is 2.31. The van der Waals surface area contributed by atoms with E-state index in [1.807, 2.05) is 0 Å². The summed E-state index contributed by atoms with van der Waals surface area (Å²) in [4.78, 5) is 39.0. The number of hydrogen-bond acceptors (Lipinski definition) is 6. The smallest absolute Gasteiger partial charge is 0.416 e. The molecular weight excluding hydrogens is 537 g/mol. The molecule has 3 aromatic rings. The number of hydrogen-bond donors (Lipinski definition) is 1. The molecule has 1 atom stereocenters. The summed E-state index contributed by atoms with van der Waals surface area (Å²) in [5.41, 5.74) is 0.311. The van der Waals surface area contributed by atoms with Gasteiger partial charge in [0.05, 0.1) is 28.3 Å². The van der Waals surface area contributed by atoms with Gasteiger partial charge in [-0.05, 0) is 66.2 Å². The summed E-state index contributed by atoms with van der Waals surface area (Å²) in [6.45, 7) is 1.71. The molecule has 39 heavy (non-hydrogen) atoms. The number of benzene rings is 3. The number of alkyl halides is 3. The van der Waals surface area contributed by atoms with Gasteiger partial charge in [0.15, 0.2) is 15.9 Å². The second kappa shape index (κ2) is 10.9. The van der Waals surface area contributed by atoms with Crippen molar-refractivity contribution >= 4 is 33.2 Å². The minimum Gasteiger partial charge on any atom is -0.480 e. The fourth-order valence-electron chi connectivity index (χ4n) is 3.88. The number of nitrogens with one attached hydrogen (secondary N) is 1. The van der Waals surface area contributed by atoms with Crippen LogP contribution in [-0.2, 0) is 32.1 Å². The lowest BCUT2D eigenvalue weighted by Crippen LogP contribution is -2.34. The number of rotatable bonds is 8. The monoisotopic (exact) mass is 560 g/mol. The molecular formula is C27H23F3N2O6S. The van der Waals surface area contributed by atoms with Crippen LogP contribution in [0.25, 0.3) is 0 Å². The first-order valence-corrected chi connectivity index (χ1v) is 13.4. The predicted octanol–water partition coefficient (Wildman–Crippen LogP) is 4.14. The van der Waals surface area contributed by atoms with Crippen molar-refractivity contribution in [1.29, 1.82) is 0 Å². The Morgan fingerprint density at radius 1 is 0.974 bits per heavy atom. The number of amides is 3. The highest BCUT2D eigenvalue weighted by atomic mass is 32.2. The minimum atomic E-state index is -4.51. The van der Waals surface area contributed by atoms with Crippen molar-refractivity contribution in [1.82, 2.24) is 5.32 Å². The number of nitrogens with zero attached hydrogens (tertiary/aromatic N) is 1. The van der Waals surface area contributed by atoms with Crippen LogP contribution in [0.1, 0.15) is 34.8 Å². The fourth-order valence-corrected chi connectivity index (χ4v) is 4.77. The van der Waals surface area contributed by atoms with E-state index in [9.17, 15) is 36.0 Å². The van der Waals surface area contributed by atoms with Crippen LogP contribution in [0.15, 0.2) is 77.7 Å². The lowest BCUT2D eigenvalue weighted by Gasteiger charge is -2.16. The highest BCUT2D eigenvalue weighted by Gasteiger charge is 2.41. The second-order valence-corrected chi connectivity index (χ2v) is 11.0. The summed E-state index contributed by atoms with van der Waals surface area (Å²) >= 11 is 0. The third-order valence-corrected chi connectivity index (χ3v) is 7.82. The molecule has 12 heteroatoms. The zero-order chi connectivity index (χ0) is 28.4. The molecule has 0 spiro atoms. The molecule has 8 nitrogen and oxygen atoms in total. The van der Waals surface area contributed by atoms with E-state index in [-0.39, 0.29) is 40.6 Å². The third-order valence-electron chi connectivity index (χ3n) is 6.07. The quantitative estimate of drug-likeness (QED) is 0.415. The SMILES string of the molecule is CCS(=O)(=O)c1ccc(CNC(=O)c2ccc(N3C(=O)C[C@@H](Oc4ccc(C(F)(F)F)cc4)C3=O)cc2)cc1. The van der Waals surface area contributed by atoms with Crippen LogP contribution in [0.4, 0.5) is 18.9 Å². The third kappa shape index (κ3) is 6.28. The lowest BCUT2D eigenvalue weighted by atomic mass is 10.1. The number of anilines is 1. The average Bonchev–Trinajstić information content (AvgIpc) is 3.19. The van der Waals surface area contributed by atoms with E-state index in [0.29, 0.717) is 5.56 Å². The minimum absolute atomic E-state index is 0.0134. The summed E-state index contributed by atoms with van der Waals surface area (Å²) in [5, 5.41) is 2.72. The number of halogens is 3. The van der Waals surface area contributed by atoms with Gasteiger partial charge in [0, 0.05) is 12.1 Å². The topological polar surface area (TPSA) is 110 Å². The molecule has 0 radical (unpaired) electrons. The number of imide groups is 1. The number of carbonyl (C=O) groups is 3. The zero-order valence-electron chi connectivity index (χ0n) is 20.6. The van der Waals surface area contributed by atoms with Crippen molar-refractivity contribution < 1.29 is 40.7 Å². The summed E-state index contributed by atoms with van der Waals surface area (Å²) < 4.78 is 67.5. The molecule has 1 aliphatic rings. The van der Waals surface area contributed by atoms with Crippen LogP contribution in [0.5, 0.6) is 5.75 Å². The van der Waals surface area contributed by atoms with Gasteiger partial charge in [-0.2, -0.15) is 13.2 Å². The van der Waals surface area contributed by atoms with Gasteiger partial charge < -0.3 is 10.1 Å². The summed E-state index contributed by atoms with van der Waals surface area (Å²) in [7, 11) is -3.32. The van der Waals surface area contributed by atoms with Crippen LogP contribution in [0, 0.1) is 0 Å². The maximum Gasteiger partial charge on any atom is 0.416 e. The Labute approximate surface area is 222 Å². The highest BCUT2D eigenvalue weighted by molar-refractivity contribution is 7.91. The van der Waals surface area contributed by atoms with Gasteiger partial charge in [0.1, 0.15) is 5.75 Å². The van der Waals surface area contributed by atoms with Gasteiger partial charge >= 0.3 is 6.18 Å². The maximum atomic E-state index is 12.8. The van der Waals surface area contributed by atoms with Crippen LogP contribution in [0.3, 0.4) is 0 Å². The van der Waals surface area contributed by atoms with E-state index < -0.39 is 45.4 Å². The molecule has 1 N–H and O–H groups in total. The van der Waals surface area contributed by atoms with Crippen molar-refractivity contribution in [2.75, 3.05) is 10.7 Å². The van der Waals surface area contributed by atoms with Crippen molar-refractivity contribution in [3.05, 3.63) is 89.5 Å². The molecule has 1 aliphatic heterocycles. The van der Waals surface area contributed by atoms with Gasteiger partial charge in [-0.15, -0.1) is 0 Å². The van der Waals surface area contributed by atoms with E-state index in [2.05, 4.69) is 5.32 Å². The summed E-state index contributed by atoms with van der Waals surface area (Å²) in [6.07, 6.45) is -6.00. The molecule has 0 bridgehead atoms. The molecule has 1 saturated heterocycles. The average molecular weight is 561 g/mol. The van der Waals surface area contributed by atoms with Crippen LogP contribution in [0.2, 0.25) is 0 Å². The normalized spacial score (nSPS) is 15.9. The Kier molecular flexibility index (Phi) is 7.77. The van der Waals surface area contributed by atoms with Crippen molar-refractivity contribution in [3.8, 4) is 5.75 Å². The Hall–Kier alpha value is -4.19. The lowest BCUT2D eigenvalue weighted by molar-refractivity contribution is -0.137. The van der Waals surface area contributed by atoms with Gasteiger partial charge in [0.2, 0.25) is 5.91 Å². The standard InChI is InChI=1S/C27H23F3N2O6S/c1-2-39(36,37)22-13-3-17(4-14-22)16-31-25(34)18-5-9-20(10-6-18)32-24(33)15-23(26(32)35)38-21-11-7-19(8-12-21)27(28,29)30/h3-14,23H,2,15-16H2,1H3,(H,31,34)/t23-/m1/s1. The molecule has 4 rings (SSSR count).